The molecule has 1 aliphatic heterocycles. The van der Waals surface area contributed by atoms with Gasteiger partial charge >= 0.3 is 5.97 Å². The Labute approximate surface area is 110 Å². The average Bonchev–Trinajstić information content (AvgIpc) is 2.39. The first kappa shape index (κ1) is 11.3. The number of esters is 1. The van der Waals surface area contributed by atoms with E-state index in [9.17, 15) is 4.79 Å². The second-order valence-electron chi connectivity index (χ2n) is 4.31. The molecule has 0 amide bonds. The minimum absolute atomic E-state index is 0.244. The lowest BCUT2D eigenvalue weighted by Crippen LogP contribution is -2.21. The molecule has 0 aromatic heterocycles. The van der Waals surface area contributed by atoms with Crippen molar-refractivity contribution in [2.24, 2.45) is 0 Å². The summed E-state index contributed by atoms with van der Waals surface area (Å²) in [6, 6.07) is 15.0. The van der Waals surface area contributed by atoms with Gasteiger partial charge in [-0.3, -0.25) is 0 Å². The molecule has 2 aromatic rings. The van der Waals surface area contributed by atoms with Crippen molar-refractivity contribution in [2.75, 3.05) is 0 Å². The van der Waals surface area contributed by atoms with Gasteiger partial charge in [0, 0.05) is 11.4 Å². The van der Waals surface area contributed by atoms with E-state index in [0.717, 1.165) is 11.1 Å². The number of hydrogen-bond acceptors (Lipinski definition) is 2. The highest BCUT2D eigenvalue weighted by Crippen LogP contribution is 2.31. The zero-order chi connectivity index (χ0) is 12.5. The Morgan fingerprint density at radius 2 is 1.94 bits per heavy atom. The van der Waals surface area contributed by atoms with Crippen LogP contribution in [0.1, 0.15) is 27.6 Å². The molecule has 0 bridgehead atoms. The number of carbonyl (C=O) groups is 1. The Bertz CT molecular complexity index is 607. The van der Waals surface area contributed by atoms with Crippen molar-refractivity contribution < 1.29 is 9.53 Å². The zero-order valence-corrected chi connectivity index (χ0v) is 10.4. The van der Waals surface area contributed by atoms with E-state index in [1.165, 1.54) is 0 Å². The molecule has 0 aliphatic carbocycles. The predicted octanol–water partition coefficient (Wildman–Crippen LogP) is 3.79. The van der Waals surface area contributed by atoms with E-state index in [1.807, 2.05) is 42.5 Å². The van der Waals surface area contributed by atoms with E-state index in [-0.39, 0.29) is 12.1 Å². The number of benzene rings is 2. The number of cyclic esters (lactones) is 1. The highest BCUT2D eigenvalue weighted by Gasteiger charge is 2.26. The first-order valence-corrected chi connectivity index (χ1v) is 6.16. The van der Waals surface area contributed by atoms with Crippen LogP contribution in [-0.2, 0) is 11.2 Å². The molecule has 0 saturated carbocycles. The molecule has 3 heteroatoms. The van der Waals surface area contributed by atoms with Gasteiger partial charge in [-0.05, 0) is 29.3 Å². The number of fused-ring (bicyclic) bond motifs is 1. The molecule has 0 radical (unpaired) electrons. The molecular weight excluding hydrogens is 248 g/mol. The zero-order valence-electron chi connectivity index (χ0n) is 9.60. The topological polar surface area (TPSA) is 26.3 Å². The molecule has 0 N–H and O–H groups in total. The normalized spacial score (nSPS) is 18.1. The fraction of sp³-hybridized carbons (Fsp3) is 0.133. The molecule has 3 rings (SSSR count). The molecule has 18 heavy (non-hydrogen) atoms. The second-order valence-corrected chi connectivity index (χ2v) is 4.75. The third-order valence-corrected chi connectivity index (χ3v) is 3.35. The number of ether oxygens (including phenoxy) is 1. The van der Waals surface area contributed by atoms with Gasteiger partial charge in [-0.1, -0.05) is 41.9 Å². The maximum Gasteiger partial charge on any atom is 0.339 e. The van der Waals surface area contributed by atoms with Crippen LogP contribution in [0, 0.1) is 0 Å². The van der Waals surface area contributed by atoms with Crippen molar-refractivity contribution in [3.63, 3.8) is 0 Å². The number of carbonyl (C=O) groups excluding carboxylic acids is 1. The first-order chi connectivity index (χ1) is 8.74. The van der Waals surface area contributed by atoms with E-state index < -0.39 is 0 Å². The van der Waals surface area contributed by atoms with Crippen LogP contribution in [0.25, 0.3) is 0 Å². The SMILES string of the molecule is O=C1OC(c2cccc(Cl)c2)Cc2ccccc21. The Kier molecular flexibility index (Phi) is 2.80. The fourth-order valence-corrected chi connectivity index (χ4v) is 2.42. The Hall–Kier alpha value is -1.80. The summed E-state index contributed by atoms with van der Waals surface area (Å²) >= 11 is 5.96. The van der Waals surface area contributed by atoms with E-state index >= 15 is 0 Å². The standard InChI is InChI=1S/C15H11ClO2/c16-12-6-3-5-11(8-12)14-9-10-4-1-2-7-13(10)15(17)18-14/h1-8,14H,9H2. The minimum atomic E-state index is -0.262. The average molecular weight is 259 g/mol. The molecule has 2 aromatic carbocycles. The van der Waals surface area contributed by atoms with Gasteiger partial charge in [0.2, 0.25) is 0 Å². The molecule has 1 heterocycles. The van der Waals surface area contributed by atoms with Crippen LogP contribution in [0.5, 0.6) is 0 Å². The van der Waals surface area contributed by atoms with Gasteiger partial charge in [-0.2, -0.15) is 0 Å². The van der Waals surface area contributed by atoms with E-state index in [1.54, 1.807) is 6.07 Å². The first-order valence-electron chi connectivity index (χ1n) is 5.78. The molecule has 1 unspecified atom stereocenters. The summed E-state index contributed by atoms with van der Waals surface area (Å²) in [5.74, 6) is -0.262. The largest absolute Gasteiger partial charge is 0.454 e. The van der Waals surface area contributed by atoms with Crippen molar-refractivity contribution >= 4 is 17.6 Å². The van der Waals surface area contributed by atoms with E-state index in [4.69, 9.17) is 16.3 Å². The van der Waals surface area contributed by atoms with Crippen LogP contribution in [0.4, 0.5) is 0 Å². The maximum atomic E-state index is 11.9. The summed E-state index contributed by atoms with van der Waals surface area (Å²) in [4.78, 5) is 11.9. The monoisotopic (exact) mass is 258 g/mol. The Morgan fingerprint density at radius 3 is 2.78 bits per heavy atom. The Balaban J connectivity index is 1.97. The van der Waals surface area contributed by atoms with Crippen LogP contribution in [0.15, 0.2) is 48.5 Å². The van der Waals surface area contributed by atoms with Gasteiger partial charge in [-0.15, -0.1) is 0 Å². The van der Waals surface area contributed by atoms with Crippen LogP contribution in [-0.4, -0.2) is 5.97 Å². The lowest BCUT2D eigenvalue weighted by Gasteiger charge is -2.24. The van der Waals surface area contributed by atoms with E-state index in [2.05, 4.69) is 0 Å². The van der Waals surface area contributed by atoms with Crippen molar-refractivity contribution in [3.8, 4) is 0 Å². The minimum Gasteiger partial charge on any atom is -0.454 e. The fourth-order valence-electron chi connectivity index (χ4n) is 2.22. The van der Waals surface area contributed by atoms with Crippen molar-refractivity contribution in [2.45, 2.75) is 12.5 Å². The van der Waals surface area contributed by atoms with Gasteiger partial charge in [0.1, 0.15) is 6.10 Å². The van der Waals surface area contributed by atoms with Gasteiger partial charge in [0.15, 0.2) is 0 Å². The summed E-state index contributed by atoms with van der Waals surface area (Å²) in [6.07, 6.45) is 0.452. The summed E-state index contributed by atoms with van der Waals surface area (Å²) in [5.41, 5.74) is 2.62. The quantitative estimate of drug-likeness (QED) is 0.728. The van der Waals surface area contributed by atoms with Crippen LogP contribution in [0.2, 0.25) is 5.02 Å². The highest BCUT2D eigenvalue weighted by molar-refractivity contribution is 6.30. The van der Waals surface area contributed by atoms with Gasteiger partial charge in [-0.25, -0.2) is 4.79 Å². The highest BCUT2D eigenvalue weighted by atomic mass is 35.5. The molecule has 0 fully saturated rings. The molecule has 1 atom stereocenters. The van der Waals surface area contributed by atoms with Gasteiger partial charge in [0.05, 0.1) is 5.56 Å². The second kappa shape index (κ2) is 4.46. The third-order valence-electron chi connectivity index (χ3n) is 3.11. The van der Waals surface area contributed by atoms with Gasteiger partial charge < -0.3 is 4.74 Å². The summed E-state index contributed by atoms with van der Waals surface area (Å²) in [5, 5.41) is 0.655. The number of halogens is 1. The molecule has 0 saturated heterocycles. The van der Waals surface area contributed by atoms with Crippen molar-refractivity contribution in [3.05, 3.63) is 70.2 Å². The van der Waals surface area contributed by atoms with Crippen LogP contribution >= 0.6 is 11.6 Å². The molecule has 2 nitrogen and oxygen atoms in total. The summed E-state index contributed by atoms with van der Waals surface area (Å²) in [6.45, 7) is 0. The smallest absolute Gasteiger partial charge is 0.339 e. The molecule has 90 valence electrons. The van der Waals surface area contributed by atoms with E-state index in [0.29, 0.717) is 17.0 Å². The lowest BCUT2D eigenvalue weighted by molar-refractivity contribution is 0.0253. The van der Waals surface area contributed by atoms with Gasteiger partial charge in [0.25, 0.3) is 0 Å². The number of hydrogen-bond donors (Lipinski definition) is 0. The van der Waals surface area contributed by atoms with Crippen molar-refractivity contribution in [1.29, 1.82) is 0 Å². The number of rotatable bonds is 1. The molecule has 0 spiro atoms. The predicted molar refractivity (Wildman–Crippen MR) is 69.8 cm³/mol. The molecular formula is C15H11ClO2. The summed E-state index contributed by atoms with van der Waals surface area (Å²) < 4.78 is 5.46. The lowest BCUT2D eigenvalue weighted by atomic mass is 9.95. The maximum absolute atomic E-state index is 11.9. The van der Waals surface area contributed by atoms with Crippen LogP contribution in [0.3, 0.4) is 0 Å². The third kappa shape index (κ3) is 2.00. The van der Waals surface area contributed by atoms with Crippen LogP contribution < -0.4 is 0 Å². The molecule has 1 aliphatic rings. The van der Waals surface area contributed by atoms with Crippen molar-refractivity contribution in [1.82, 2.24) is 0 Å². The summed E-state index contributed by atoms with van der Waals surface area (Å²) in [7, 11) is 0. The Morgan fingerprint density at radius 1 is 1.11 bits per heavy atom.